The van der Waals surface area contributed by atoms with Gasteiger partial charge in [-0.3, -0.25) is 0 Å². The van der Waals surface area contributed by atoms with E-state index in [-0.39, 0.29) is 17.0 Å². The quantitative estimate of drug-likeness (QED) is 0.826. The highest BCUT2D eigenvalue weighted by Crippen LogP contribution is 2.27. The van der Waals surface area contributed by atoms with Crippen LogP contribution in [0.1, 0.15) is 17.5 Å². The van der Waals surface area contributed by atoms with E-state index in [1.54, 1.807) is 6.07 Å². The van der Waals surface area contributed by atoms with Gasteiger partial charge in [0.25, 0.3) is 0 Å². The lowest BCUT2D eigenvalue weighted by atomic mass is 9.88. The number of benzene rings is 2. The lowest BCUT2D eigenvalue weighted by Crippen LogP contribution is -2.27. The van der Waals surface area contributed by atoms with Crippen LogP contribution in [0, 0.1) is 0 Å². The van der Waals surface area contributed by atoms with E-state index in [9.17, 15) is 5.11 Å². The summed E-state index contributed by atoms with van der Waals surface area (Å²) in [5.74, 6) is 0.364. The number of hydrogen-bond acceptors (Lipinski definition) is 2. The van der Waals surface area contributed by atoms with Crippen molar-refractivity contribution in [3.8, 4) is 5.75 Å². The molecule has 106 valence electrons. The molecular formula is C16H17BrClNO. The van der Waals surface area contributed by atoms with Gasteiger partial charge in [-0.1, -0.05) is 17.7 Å². The number of aryl methyl sites for hydroxylation is 1. The number of anilines is 1. The first-order chi connectivity index (χ1) is 9.20. The predicted molar refractivity (Wildman–Crippen MR) is 89.3 cm³/mol. The van der Waals surface area contributed by atoms with Crippen molar-refractivity contribution in [1.82, 2.24) is 0 Å². The zero-order chi connectivity index (χ0) is 13.2. The maximum absolute atomic E-state index is 9.49. The summed E-state index contributed by atoms with van der Waals surface area (Å²) in [4.78, 5) is 0. The fraction of sp³-hybridized carbons (Fsp3) is 0.250. The Morgan fingerprint density at radius 3 is 2.55 bits per heavy atom. The lowest BCUT2D eigenvalue weighted by molar-refractivity contribution is 0.472. The predicted octanol–water partition coefficient (Wildman–Crippen LogP) is 4.59. The number of phenolic OH excluding ortho intramolecular Hbond substituents is 1. The van der Waals surface area contributed by atoms with Gasteiger partial charge in [-0.25, -0.2) is 0 Å². The van der Waals surface area contributed by atoms with E-state index in [4.69, 9.17) is 11.6 Å². The van der Waals surface area contributed by atoms with Crippen molar-refractivity contribution in [3.63, 3.8) is 0 Å². The van der Waals surface area contributed by atoms with Gasteiger partial charge in [0.05, 0.1) is 0 Å². The first-order valence-corrected chi connectivity index (χ1v) is 6.91. The van der Waals surface area contributed by atoms with Crippen LogP contribution in [-0.2, 0) is 12.8 Å². The normalized spacial score (nSPS) is 16.9. The molecule has 0 amide bonds. The van der Waals surface area contributed by atoms with E-state index in [0.717, 1.165) is 30.0 Å². The molecule has 1 unspecified atom stereocenters. The molecular weight excluding hydrogens is 338 g/mol. The SMILES string of the molecule is Br.Oc1ccc2c(c1)CCC(Nc1ccc(Cl)cc1)C2. The standard InChI is InChI=1S/C16H16ClNO.BrH/c17-13-3-6-14(7-4-13)18-15-5-1-12-10-16(19)8-2-11(12)9-15;/h2-4,6-8,10,15,18-19H,1,5,9H2;1H. The molecule has 4 heteroatoms. The first kappa shape index (κ1) is 15.2. The van der Waals surface area contributed by atoms with Crippen LogP contribution >= 0.6 is 28.6 Å². The van der Waals surface area contributed by atoms with Crippen LogP contribution in [0.2, 0.25) is 5.02 Å². The summed E-state index contributed by atoms with van der Waals surface area (Å²) in [5, 5.41) is 13.8. The molecule has 1 aliphatic rings. The molecule has 2 nitrogen and oxygen atoms in total. The maximum Gasteiger partial charge on any atom is 0.115 e. The Morgan fingerprint density at radius 1 is 1.05 bits per heavy atom. The molecule has 0 heterocycles. The summed E-state index contributed by atoms with van der Waals surface area (Å²) in [6.45, 7) is 0. The second-order valence-electron chi connectivity index (χ2n) is 5.04. The van der Waals surface area contributed by atoms with Crippen molar-refractivity contribution >= 4 is 34.3 Å². The van der Waals surface area contributed by atoms with Crippen LogP contribution in [-0.4, -0.2) is 11.1 Å². The molecule has 0 saturated carbocycles. The Hall–Kier alpha value is -1.19. The molecule has 0 radical (unpaired) electrons. The fourth-order valence-corrected chi connectivity index (χ4v) is 2.77. The lowest BCUT2D eigenvalue weighted by Gasteiger charge is -2.26. The summed E-state index contributed by atoms with van der Waals surface area (Å²) in [6.07, 6.45) is 3.09. The van der Waals surface area contributed by atoms with Crippen molar-refractivity contribution in [2.45, 2.75) is 25.3 Å². The van der Waals surface area contributed by atoms with Gasteiger partial charge in [0.15, 0.2) is 0 Å². The molecule has 0 saturated heterocycles. The van der Waals surface area contributed by atoms with E-state index >= 15 is 0 Å². The van der Waals surface area contributed by atoms with Crippen LogP contribution in [0.4, 0.5) is 5.69 Å². The van der Waals surface area contributed by atoms with Gasteiger partial charge in [0, 0.05) is 16.8 Å². The number of fused-ring (bicyclic) bond motifs is 1. The first-order valence-electron chi connectivity index (χ1n) is 6.53. The van der Waals surface area contributed by atoms with E-state index in [2.05, 4.69) is 5.32 Å². The average molecular weight is 355 g/mol. The van der Waals surface area contributed by atoms with Gasteiger partial charge in [-0.15, -0.1) is 17.0 Å². The van der Waals surface area contributed by atoms with Crippen LogP contribution in [0.15, 0.2) is 42.5 Å². The van der Waals surface area contributed by atoms with Gasteiger partial charge in [-0.05, 0) is 66.8 Å². The van der Waals surface area contributed by atoms with Gasteiger partial charge in [0.1, 0.15) is 5.75 Å². The Morgan fingerprint density at radius 2 is 1.80 bits per heavy atom. The average Bonchev–Trinajstić information content (AvgIpc) is 2.42. The summed E-state index contributed by atoms with van der Waals surface area (Å²) in [5.41, 5.74) is 3.71. The molecule has 0 spiro atoms. The fourth-order valence-electron chi connectivity index (χ4n) is 2.65. The Balaban J connectivity index is 0.00000147. The Bertz CT molecular complexity index is 586. The molecule has 0 aliphatic heterocycles. The number of halogens is 2. The minimum Gasteiger partial charge on any atom is -0.508 e. The molecule has 2 aromatic carbocycles. The van der Waals surface area contributed by atoms with Crippen molar-refractivity contribution in [1.29, 1.82) is 0 Å². The molecule has 2 aromatic rings. The number of rotatable bonds is 2. The van der Waals surface area contributed by atoms with Gasteiger partial charge in [-0.2, -0.15) is 0 Å². The minimum absolute atomic E-state index is 0. The van der Waals surface area contributed by atoms with Crippen molar-refractivity contribution < 1.29 is 5.11 Å². The smallest absolute Gasteiger partial charge is 0.115 e. The molecule has 20 heavy (non-hydrogen) atoms. The summed E-state index contributed by atoms with van der Waals surface area (Å²) >= 11 is 5.88. The molecule has 0 bridgehead atoms. The Kier molecular flexibility index (Phi) is 4.95. The molecule has 1 aliphatic carbocycles. The highest BCUT2D eigenvalue weighted by molar-refractivity contribution is 8.93. The number of nitrogens with one attached hydrogen (secondary N) is 1. The summed E-state index contributed by atoms with van der Waals surface area (Å²) in [7, 11) is 0. The third-order valence-electron chi connectivity index (χ3n) is 3.63. The molecule has 2 N–H and O–H groups in total. The number of phenols is 1. The summed E-state index contributed by atoms with van der Waals surface area (Å²) in [6, 6.07) is 13.9. The zero-order valence-electron chi connectivity index (χ0n) is 11.0. The number of hydrogen-bond donors (Lipinski definition) is 2. The van der Waals surface area contributed by atoms with Crippen molar-refractivity contribution in [3.05, 3.63) is 58.6 Å². The third-order valence-corrected chi connectivity index (χ3v) is 3.89. The molecule has 3 rings (SSSR count). The molecule has 1 atom stereocenters. The van der Waals surface area contributed by atoms with Crippen molar-refractivity contribution in [2.75, 3.05) is 5.32 Å². The van der Waals surface area contributed by atoms with E-state index in [0.29, 0.717) is 11.8 Å². The van der Waals surface area contributed by atoms with Gasteiger partial charge in [0.2, 0.25) is 0 Å². The van der Waals surface area contributed by atoms with Gasteiger partial charge >= 0.3 is 0 Å². The van der Waals surface area contributed by atoms with Crippen LogP contribution in [0.25, 0.3) is 0 Å². The second-order valence-corrected chi connectivity index (χ2v) is 5.48. The van der Waals surface area contributed by atoms with Crippen LogP contribution in [0.3, 0.4) is 0 Å². The molecule has 0 fully saturated rings. The minimum atomic E-state index is 0. The Labute approximate surface area is 134 Å². The van der Waals surface area contributed by atoms with E-state index < -0.39 is 0 Å². The second kappa shape index (κ2) is 6.51. The van der Waals surface area contributed by atoms with E-state index in [1.165, 1.54) is 11.1 Å². The highest BCUT2D eigenvalue weighted by atomic mass is 79.9. The van der Waals surface area contributed by atoms with Gasteiger partial charge < -0.3 is 10.4 Å². The zero-order valence-corrected chi connectivity index (χ0v) is 13.4. The number of aromatic hydroxyl groups is 1. The van der Waals surface area contributed by atoms with Crippen LogP contribution in [0.5, 0.6) is 5.75 Å². The highest BCUT2D eigenvalue weighted by Gasteiger charge is 2.18. The van der Waals surface area contributed by atoms with E-state index in [1.807, 2.05) is 36.4 Å². The topological polar surface area (TPSA) is 32.3 Å². The molecule has 0 aromatic heterocycles. The van der Waals surface area contributed by atoms with Crippen molar-refractivity contribution in [2.24, 2.45) is 0 Å². The van der Waals surface area contributed by atoms with Crippen LogP contribution < -0.4 is 5.32 Å². The largest absolute Gasteiger partial charge is 0.508 e. The maximum atomic E-state index is 9.49. The summed E-state index contributed by atoms with van der Waals surface area (Å²) < 4.78 is 0. The third kappa shape index (κ3) is 3.47. The monoisotopic (exact) mass is 353 g/mol.